The van der Waals surface area contributed by atoms with Crippen LogP contribution in [-0.2, 0) is 0 Å². The average Bonchev–Trinajstić information content (AvgIpc) is 2.86. The van der Waals surface area contributed by atoms with E-state index >= 15 is 0 Å². The van der Waals surface area contributed by atoms with E-state index in [0.717, 1.165) is 35.5 Å². The molecule has 4 aliphatic carbocycles. The molecule has 0 saturated heterocycles. The lowest BCUT2D eigenvalue weighted by Gasteiger charge is -2.49. The zero-order valence-corrected chi connectivity index (χ0v) is 29.3. The summed E-state index contributed by atoms with van der Waals surface area (Å²) in [6.07, 6.45) is 32.8. The Morgan fingerprint density at radius 3 is 0.725 bits per heavy atom. The summed E-state index contributed by atoms with van der Waals surface area (Å²) < 4.78 is 0. The van der Waals surface area contributed by atoms with Crippen molar-refractivity contribution in [2.45, 2.75) is 197 Å². The fraction of sp³-hybridized carbons (Fsp3) is 1.00. The van der Waals surface area contributed by atoms with Crippen LogP contribution in [-0.4, -0.2) is 0 Å². The Balaban J connectivity index is 0.000000451. The largest absolute Gasteiger partial charge is 0.0628 e. The van der Waals surface area contributed by atoms with E-state index in [2.05, 4.69) is 55.4 Å². The summed E-state index contributed by atoms with van der Waals surface area (Å²) in [6.45, 7) is 19.3. The van der Waals surface area contributed by atoms with E-state index in [9.17, 15) is 0 Å². The van der Waals surface area contributed by atoms with Crippen LogP contribution in [0.5, 0.6) is 0 Å². The summed E-state index contributed by atoms with van der Waals surface area (Å²) in [6, 6.07) is 0. The maximum Gasteiger partial charge on any atom is -0.0406 e. The van der Waals surface area contributed by atoms with E-state index in [1.54, 1.807) is 38.5 Å². The first-order chi connectivity index (χ1) is 19.1. The molecule has 0 amide bonds. The lowest BCUT2D eigenvalue weighted by molar-refractivity contribution is 0.0198. The van der Waals surface area contributed by atoms with Crippen LogP contribution in [0.15, 0.2) is 0 Å². The number of hydrogen-bond acceptors (Lipinski definition) is 0. The Hall–Kier alpha value is 0. The minimum absolute atomic E-state index is 0.878. The van der Waals surface area contributed by atoms with Gasteiger partial charge in [-0.2, -0.15) is 0 Å². The first kappa shape index (κ1) is 36.2. The quantitative estimate of drug-likeness (QED) is 0.123. The third kappa shape index (κ3) is 17.2. The summed E-state index contributed by atoms with van der Waals surface area (Å²) in [7, 11) is 0. The second kappa shape index (κ2) is 20.8. The van der Waals surface area contributed by atoms with Gasteiger partial charge in [-0.1, -0.05) is 158 Å². The molecule has 0 N–H and O–H groups in total. The minimum Gasteiger partial charge on any atom is -0.0628 e. The number of rotatable bonds is 21. The van der Waals surface area contributed by atoms with E-state index in [0.29, 0.717) is 0 Å². The minimum atomic E-state index is 0.878. The van der Waals surface area contributed by atoms with Crippen LogP contribution in [0.2, 0.25) is 0 Å². The summed E-state index contributed by atoms with van der Waals surface area (Å²) in [5.41, 5.74) is 0. The fourth-order valence-electron chi connectivity index (χ4n) is 8.92. The van der Waals surface area contributed by atoms with Gasteiger partial charge in [0.1, 0.15) is 0 Å². The molecule has 4 atom stereocenters. The first-order valence-electron chi connectivity index (χ1n) is 19.1. The van der Waals surface area contributed by atoms with Gasteiger partial charge in [0.05, 0.1) is 0 Å². The average molecular weight is 559 g/mol. The lowest BCUT2D eigenvalue weighted by Crippen LogP contribution is -2.38. The highest BCUT2D eigenvalue weighted by Gasteiger charge is 2.41. The molecule has 4 unspecified atom stereocenters. The monoisotopic (exact) mass is 559 g/mol. The lowest BCUT2D eigenvalue weighted by atomic mass is 9.56. The number of unbranched alkanes of at least 4 members (excludes halogenated alkanes) is 1. The van der Waals surface area contributed by atoms with Crippen molar-refractivity contribution in [2.24, 2.45) is 59.2 Å². The molecule has 0 nitrogen and oxygen atoms in total. The van der Waals surface area contributed by atoms with Gasteiger partial charge in [0.2, 0.25) is 0 Å². The Kier molecular flexibility index (Phi) is 18.8. The van der Waals surface area contributed by atoms with Crippen LogP contribution in [0.3, 0.4) is 0 Å². The maximum absolute atomic E-state index is 2.49. The molecule has 4 fully saturated rings. The molecule has 40 heavy (non-hydrogen) atoms. The molecule has 238 valence electrons. The van der Waals surface area contributed by atoms with Crippen molar-refractivity contribution in [3.8, 4) is 0 Å². The van der Waals surface area contributed by atoms with E-state index in [1.165, 1.54) is 126 Å². The summed E-state index contributed by atoms with van der Waals surface area (Å²) in [4.78, 5) is 0. The van der Waals surface area contributed by atoms with Crippen LogP contribution in [0, 0.1) is 59.2 Å². The molecular formula is C40H78. The van der Waals surface area contributed by atoms with Gasteiger partial charge in [0, 0.05) is 0 Å². The van der Waals surface area contributed by atoms with Gasteiger partial charge in [-0.3, -0.25) is 0 Å². The van der Waals surface area contributed by atoms with Crippen LogP contribution >= 0.6 is 0 Å². The van der Waals surface area contributed by atoms with Crippen LogP contribution in [0.1, 0.15) is 197 Å². The normalized spacial score (nSPS) is 26.6. The van der Waals surface area contributed by atoms with Gasteiger partial charge in [-0.25, -0.2) is 0 Å². The smallest absolute Gasteiger partial charge is 0.0406 e. The van der Waals surface area contributed by atoms with Gasteiger partial charge >= 0.3 is 0 Å². The number of hydrogen-bond donors (Lipinski definition) is 0. The van der Waals surface area contributed by atoms with Crippen molar-refractivity contribution in [3.05, 3.63) is 0 Å². The summed E-state index contributed by atoms with van der Waals surface area (Å²) in [5, 5.41) is 0. The molecule has 4 rings (SSSR count). The van der Waals surface area contributed by atoms with E-state index in [1.807, 2.05) is 0 Å². The molecule has 0 aliphatic heterocycles. The molecule has 0 spiro atoms. The highest BCUT2D eigenvalue weighted by molar-refractivity contribution is 4.93. The molecule has 0 heteroatoms. The third-order valence-corrected chi connectivity index (χ3v) is 11.4. The molecule has 0 aromatic heterocycles. The van der Waals surface area contributed by atoms with Crippen molar-refractivity contribution in [3.63, 3.8) is 0 Å². The zero-order valence-electron chi connectivity index (χ0n) is 29.3. The Bertz CT molecular complexity index is 496. The van der Waals surface area contributed by atoms with Crippen LogP contribution in [0.25, 0.3) is 0 Å². The first-order valence-corrected chi connectivity index (χ1v) is 19.1. The van der Waals surface area contributed by atoms with Crippen LogP contribution in [0.4, 0.5) is 0 Å². The SMILES string of the molecule is C1C2CC3CC1CC(C2)C3.CC(C)CCCC(C)CCCC(C)CCCCC(C)CCCC(C)CCCC(C)C. The molecule has 0 radical (unpaired) electrons. The molecule has 4 aliphatic rings. The molecule has 4 bridgehead atoms. The third-order valence-electron chi connectivity index (χ3n) is 11.4. The summed E-state index contributed by atoms with van der Waals surface area (Å²) >= 11 is 0. The van der Waals surface area contributed by atoms with Gasteiger partial charge in [0.15, 0.2) is 0 Å². The molecule has 0 heterocycles. The second-order valence-electron chi connectivity index (χ2n) is 17.1. The predicted octanol–water partition coefficient (Wildman–Crippen LogP) is 13.9. The zero-order chi connectivity index (χ0) is 29.3. The van der Waals surface area contributed by atoms with Gasteiger partial charge in [-0.15, -0.1) is 0 Å². The van der Waals surface area contributed by atoms with Gasteiger partial charge in [0.25, 0.3) is 0 Å². The van der Waals surface area contributed by atoms with Crippen molar-refractivity contribution in [2.75, 3.05) is 0 Å². The summed E-state index contributed by atoms with van der Waals surface area (Å²) in [5.74, 6) is 10.2. The molecule has 4 saturated carbocycles. The highest BCUT2D eigenvalue weighted by atomic mass is 14.5. The highest BCUT2D eigenvalue weighted by Crippen LogP contribution is 2.53. The van der Waals surface area contributed by atoms with Crippen molar-refractivity contribution in [1.29, 1.82) is 0 Å². The topological polar surface area (TPSA) is 0 Å². The van der Waals surface area contributed by atoms with E-state index < -0.39 is 0 Å². The van der Waals surface area contributed by atoms with Gasteiger partial charge < -0.3 is 0 Å². The second-order valence-corrected chi connectivity index (χ2v) is 17.1. The van der Waals surface area contributed by atoms with Crippen LogP contribution < -0.4 is 0 Å². The predicted molar refractivity (Wildman–Crippen MR) is 182 cm³/mol. The van der Waals surface area contributed by atoms with Crippen molar-refractivity contribution in [1.82, 2.24) is 0 Å². The Morgan fingerprint density at radius 2 is 0.500 bits per heavy atom. The van der Waals surface area contributed by atoms with Crippen molar-refractivity contribution < 1.29 is 0 Å². The maximum atomic E-state index is 2.49. The molecular weight excluding hydrogens is 480 g/mol. The Morgan fingerprint density at radius 1 is 0.300 bits per heavy atom. The molecule has 0 aromatic rings. The van der Waals surface area contributed by atoms with Crippen molar-refractivity contribution >= 4 is 0 Å². The Labute approximate surface area is 255 Å². The fourth-order valence-corrected chi connectivity index (χ4v) is 8.92. The molecule has 0 aromatic carbocycles. The van der Waals surface area contributed by atoms with E-state index in [4.69, 9.17) is 0 Å². The van der Waals surface area contributed by atoms with E-state index in [-0.39, 0.29) is 0 Å². The standard InChI is InChI=1S/C30H62.C10H16/c1-25(2)15-11-19-29(7)23-13-21-27(5)17-9-10-18-28(6)22-14-24-30(8)20-12-16-26(3)4;1-7-2-9-4-8(1)5-10(3-7)6-9/h25-30H,9-24H2,1-8H3;7-10H,1-6H2. The van der Waals surface area contributed by atoms with Gasteiger partial charge in [-0.05, 0) is 97.7 Å².